The molecule has 136 valence electrons. The molecule has 1 fully saturated rings. The largest absolute Gasteiger partial charge is 0.425 e. The predicted octanol–water partition coefficient (Wildman–Crippen LogP) is 2.55. The average Bonchev–Trinajstić information content (AvgIpc) is 3.13. The Kier molecular flexibility index (Phi) is 4.92. The molecule has 3 heterocycles. The van der Waals surface area contributed by atoms with Gasteiger partial charge in [0.1, 0.15) is 0 Å². The van der Waals surface area contributed by atoms with Crippen LogP contribution >= 0.6 is 0 Å². The summed E-state index contributed by atoms with van der Waals surface area (Å²) in [6.07, 6.45) is 2.32. The van der Waals surface area contributed by atoms with Crippen molar-refractivity contribution in [1.82, 2.24) is 24.9 Å². The van der Waals surface area contributed by atoms with E-state index in [0.29, 0.717) is 18.2 Å². The van der Waals surface area contributed by atoms with E-state index >= 15 is 0 Å². The van der Waals surface area contributed by atoms with Crippen molar-refractivity contribution < 1.29 is 9.21 Å². The van der Waals surface area contributed by atoms with Crippen molar-refractivity contribution in [2.45, 2.75) is 72.4 Å². The fourth-order valence-electron chi connectivity index (χ4n) is 3.84. The van der Waals surface area contributed by atoms with Crippen LogP contribution in [0, 0.1) is 20.8 Å². The zero-order chi connectivity index (χ0) is 18.1. The SMILES string of the molecule is CCn1nc(C)c(CC(=O)N2CCC[C@H](c3nnc(C)o3)[C@@H]2C)c1C. The molecule has 7 nitrogen and oxygen atoms in total. The third kappa shape index (κ3) is 3.32. The second-order valence-electron chi connectivity index (χ2n) is 6.88. The van der Waals surface area contributed by atoms with Gasteiger partial charge < -0.3 is 9.32 Å². The molecule has 1 aliphatic heterocycles. The van der Waals surface area contributed by atoms with Crippen molar-refractivity contribution in [3.63, 3.8) is 0 Å². The van der Waals surface area contributed by atoms with Crippen LogP contribution < -0.4 is 0 Å². The smallest absolute Gasteiger partial charge is 0.227 e. The lowest BCUT2D eigenvalue weighted by Crippen LogP contribution is -2.46. The van der Waals surface area contributed by atoms with Crippen LogP contribution in [0.4, 0.5) is 0 Å². The Labute approximate surface area is 148 Å². The fourth-order valence-corrected chi connectivity index (χ4v) is 3.84. The lowest BCUT2D eigenvalue weighted by atomic mass is 9.89. The minimum absolute atomic E-state index is 0.0583. The average molecular weight is 345 g/mol. The van der Waals surface area contributed by atoms with Crippen molar-refractivity contribution >= 4 is 5.91 Å². The Morgan fingerprint density at radius 1 is 1.28 bits per heavy atom. The van der Waals surface area contributed by atoms with E-state index in [1.165, 1.54) is 0 Å². The molecular weight excluding hydrogens is 318 g/mol. The van der Waals surface area contributed by atoms with Crippen LogP contribution in [-0.2, 0) is 17.8 Å². The van der Waals surface area contributed by atoms with Crippen molar-refractivity contribution in [2.24, 2.45) is 0 Å². The lowest BCUT2D eigenvalue weighted by Gasteiger charge is -2.38. The number of carbonyl (C=O) groups is 1. The highest BCUT2D eigenvalue weighted by atomic mass is 16.4. The molecule has 1 amide bonds. The van der Waals surface area contributed by atoms with E-state index in [2.05, 4.69) is 29.1 Å². The summed E-state index contributed by atoms with van der Waals surface area (Å²) < 4.78 is 7.58. The summed E-state index contributed by atoms with van der Waals surface area (Å²) in [4.78, 5) is 15.0. The maximum absolute atomic E-state index is 13.0. The molecule has 2 atom stereocenters. The molecule has 0 saturated carbocycles. The van der Waals surface area contributed by atoms with E-state index in [9.17, 15) is 4.79 Å². The van der Waals surface area contributed by atoms with E-state index in [0.717, 1.165) is 42.9 Å². The molecule has 0 unspecified atom stereocenters. The molecule has 0 aliphatic carbocycles. The fraction of sp³-hybridized carbons (Fsp3) is 0.667. The highest BCUT2D eigenvalue weighted by Crippen LogP contribution is 2.32. The Hall–Kier alpha value is -2.18. The molecule has 3 rings (SSSR count). The van der Waals surface area contributed by atoms with Crippen molar-refractivity contribution in [1.29, 1.82) is 0 Å². The van der Waals surface area contributed by atoms with E-state index in [1.807, 2.05) is 23.4 Å². The molecule has 0 spiro atoms. The first-order chi connectivity index (χ1) is 11.9. The summed E-state index contributed by atoms with van der Waals surface area (Å²) in [5.41, 5.74) is 3.08. The van der Waals surface area contributed by atoms with Crippen LogP contribution in [-0.4, -0.2) is 43.4 Å². The molecule has 25 heavy (non-hydrogen) atoms. The number of hydrogen-bond acceptors (Lipinski definition) is 5. The van der Waals surface area contributed by atoms with Gasteiger partial charge in [-0.05, 0) is 40.5 Å². The molecule has 7 heteroatoms. The second kappa shape index (κ2) is 6.98. The molecule has 2 aromatic heterocycles. The topological polar surface area (TPSA) is 77.1 Å². The molecule has 0 radical (unpaired) electrons. The molecular formula is C18H27N5O2. The van der Waals surface area contributed by atoms with Gasteiger partial charge in [0.25, 0.3) is 0 Å². The van der Waals surface area contributed by atoms with Crippen LogP contribution in [0.15, 0.2) is 4.42 Å². The van der Waals surface area contributed by atoms with Crippen LogP contribution in [0.25, 0.3) is 0 Å². The van der Waals surface area contributed by atoms with Crippen molar-refractivity contribution in [2.75, 3.05) is 6.54 Å². The van der Waals surface area contributed by atoms with Gasteiger partial charge in [-0.3, -0.25) is 9.48 Å². The highest BCUT2D eigenvalue weighted by molar-refractivity contribution is 5.79. The zero-order valence-electron chi connectivity index (χ0n) is 15.7. The Bertz CT molecular complexity index is 764. The molecule has 2 aromatic rings. The molecule has 1 aliphatic rings. The number of nitrogens with zero attached hydrogens (tertiary/aromatic N) is 5. The minimum atomic E-state index is 0.0583. The summed E-state index contributed by atoms with van der Waals surface area (Å²) in [5, 5.41) is 12.6. The molecule has 0 bridgehead atoms. The van der Waals surface area contributed by atoms with Gasteiger partial charge in [-0.25, -0.2) is 0 Å². The van der Waals surface area contributed by atoms with Gasteiger partial charge in [0.2, 0.25) is 17.7 Å². The third-order valence-electron chi connectivity index (χ3n) is 5.33. The minimum Gasteiger partial charge on any atom is -0.425 e. The summed E-state index contributed by atoms with van der Waals surface area (Å²) in [6.45, 7) is 11.6. The van der Waals surface area contributed by atoms with Crippen LogP contribution in [0.1, 0.15) is 61.3 Å². The van der Waals surface area contributed by atoms with E-state index in [1.54, 1.807) is 6.92 Å². The highest BCUT2D eigenvalue weighted by Gasteiger charge is 2.35. The number of rotatable bonds is 4. The number of piperidine rings is 1. The van der Waals surface area contributed by atoms with Gasteiger partial charge in [-0.2, -0.15) is 5.10 Å². The summed E-state index contributed by atoms with van der Waals surface area (Å²) >= 11 is 0. The zero-order valence-corrected chi connectivity index (χ0v) is 15.7. The number of hydrogen-bond donors (Lipinski definition) is 0. The van der Waals surface area contributed by atoms with Gasteiger partial charge >= 0.3 is 0 Å². The Balaban J connectivity index is 1.76. The first kappa shape index (κ1) is 17.6. The first-order valence-electron chi connectivity index (χ1n) is 9.04. The quantitative estimate of drug-likeness (QED) is 0.851. The predicted molar refractivity (Wildman–Crippen MR) is 93.3 cm³/mol. The molecule has 0 aromatic carbocycles. The summed E-state index contributed by atoms with van der Waals surface area (Å²) in [5.74, 6) is 1.48. The molecule has 1 saturated heterocycles. The molecule has 0 N–H and O–H groups in total. The number of amides is 1. The van der Waals surface area contributed by atoms with Crippen molar-refractivity contribution in [3.8, 4) is 0 Å². The first-order valence-corrected chi connectivity index (χ1v) is 9.04. The standard InChI is InChI=1S/C18H27N5O2/c1-6-23-13(4)16(11(2)21-23)10-17(24)22-9-7-8-15(12(22)3)18-20-19-14(5)25-18/h12,15H,6-10H2,1-5H3/t12-,15-/m0/s1. The number of aromatic nitrogens is 4. The van der Waals surface area contributed by atoms with Gasteiger partial charge in [0.05, 0.1) is 18.0 Å². The van der Waals surface area contributed by atoms with E-state index in [4.69, 9.17) is 4.42 Å². The van der Waals surface area contributed by atoms with Crippen LogP contribution in [0.2, 0.25) is 0 Å². The van der Waals surface area contributed by atoms with Crippen molar-refractivity contribution in [3.05, 3.63) is 28.7 Å². The van der Waals surface area contributed by atoms with Gasteiger partial charge in [0, 0.05) is 37.3 Å². The Morgan fingerprint density at radius 3 is 2.64 bits per heavy atom. The van der Waals surface area contributed by atoms with E-state index < -0.39 is 0 Å². The number of likely N-dealkylation sites (tertiary alicyclic amines) is 1. The second-order valence-corrected chi connectivity index (χ2v) is 6.88. The van der Waals surface area contributed by atoms with Gasteiger partial charge in [-0.15, -0.1) is 10.2 Å². The maximum atomic E-state index is 13.0. The monoisotopic (exact) mass is 345 g/mol. The normalized spacial score (nSPS) is 20.9. The lowest BCUT2D eigenvalue weighted by molar-refractivity contribution is -0.134. The van der Waals surface area contributed by atoms with E-state index in [-0.39, 0.29) is 17.9 Å². The summed E-state index contributed by atoms with van der Waals surface area (Å²) in [7, 11) is 0. The Morgan fingerprint density at radius 2 is 2.04 bits per heavy atom. The number of carbonyl (C=O) groups excluding carboxylic acids is 1. The van der Waals surface area contributed by atoms with Gasteiger partial charge in [0.15, 0.2) is 0 Å². The maximum Gasteiger partial charge on any atom is 0.227 e. The summed E-state index contributed by atoms with van der Waals surface area (Å²) in [6, 6.07) is 0.0583. The van der Waals surface area contributed by atoms with Crippen LogP contribution in [0.3, 0.4) is 0 Å². The third-order valence-corrected chi connectivity index (χ3v) is 5.33. The van der Waals surface area contributed by atoms with Crippen LogP contribution in [0.5, 0.6) is 0 Å². The number of aryl methyl sites for hydroxylation is 3. The van der Waals surface area contributed by atoms with Gasteiger partial charge in [-0.1, -0.05) is 0 Å².